The van der Waals surface area contributed by atoms with E-state index in [4.69, 9.17) is 9.11 Å². The van der Waals surface area contributed by atoms with E-state index in [0.29, 0.717) is 0 Å². The summed E-state index contributed by atoms with van der Waals surface area (Å²) >= 11 is 0. The topological polar surface area (TPSA) is 109 Å². The molecule has 6 nitrogen and oxygen atoms in total. The summed E-state index contributed by atoms with van der Waals surface area (Å²) in [5, 5.41) is -1.01. The fourth-order valence-electron chi connectivity index (χ4n) is 0.702. The minimum Gasteiger partial charge on any atom is -1.00 e. The second kappa shape index (κ2) is 11.6. The molecule has 0 aliphatic heterocycles. The Hall–Kier alpha value is 2.82. The van der Waals surface area contributed by atoms with E-state index in [9.17, 15) is 16.8 Å². The summed E-state index contributed by atoms with van der Waals surface area (Å²) in [6, 6.07) is 0. The van der Waals surface area contributed by atoms with E-state index in [1.807, 2.05) is 0 Å². The van der Waals surface area contributed by atoms with Gasteiger partial charge in [-0.25, -0.2) is 0 Å². The first kappa shape index (κ1) is 27.2. The molecule has 0 aliphatic carbocycles. The average molecular weight is 304 g/mol. The smallest absolute Gasteiger partial charge is 1.00 e. The SMILES string of the molecule is CC(CCCS(=O)(=O)O)S(=O)(=O)O.[H-].[H-].[H-].[Na+].[Na+].[Na+]. The van der Waals surface area contributed by atoms with E-state index in [0.717, 1.165) is 0 Å². The molecular formula is C5H15Na3O6S2. The van der Waals surface area contributed by atoms with Gasteiger partial charge in [-0.3, -0.25) is 9.11 Å². The Kier molecular flexibility index (Phi) is 19.8. The zero-order valence-corrected chi connectivity index (χ0v) is 17.7. The summed E-state index contributed by atoms with van der Waals surface area (Å²) in [5.41, 5.74) is 0. The largest absolute Gasteiger partial charge is 1.00 e. The minimum atomic E-state index is -4.10. The van der Waals surface area contributed by atoms with Crippen LogP contribution in [0.5, 0.6) is 0 Å². The summed E-state index contributed by atoms with van der Waals surface area (Å²) in [5.74, 6) is -0.493. The zero-order chi connectivity index (χ0) is 10.7. The van der Waals surface area contributed by atoms with Crippen LogP contribution in [0.3, 0.4) is 0 Å². The number of rotatable bonds is 5. The van der Waals surface area contributed by atoms with Crippen molar-refractivity contribution in [1.82, 2.24) is 0 Å². The Labute approximate surface area is 167 Å². The average Bonchev–Trinajstić information content (AvgIpc) is 1.82. The summed E-state index contributed by atoms with van der Waals surface area (Å²) < 4.78 is 58.0. The van der Waals surface area contributed by atoms with E-state index in [1.165, 1.54) is 6.92 Å². The molecule has 2 N–H and O–H groups in total. The van der Waals surface area contributed by atoms with Gasteiger partial charge in [0.1, 0.15) is 0 Å². The van der Waals surface area contributed by atoms with Crippen molar-refractivity contribution in [3.63, 3.8) is 0 Å². The van der Waals surface area contributed by atoms with Crippen LogP contribution in [0.1, 0.15) is 24.0 Å². The summed E-state index contributed by atoms with van der Waals surface area (Å²) in [4.78, 5) is 0. The van der Waals surface area contributed by atoms with Gasteiger partial charge in [-0.2, -0.15) is 16.8 Å². The van der Waals surface area contributed by atoms with Crippen molar-refractivity contribution in [2.45, 2.75) is 25.0 Å². The van der Waals surface area contributed by atoms with Crippen LogP contribution in [0.2, 0.25) is 0 Å². The molecule has 0 bridgehead atoms. The maximum Gasteiger partial charge on any atom is 1.00 e. The van der Waals surface area contributed by atoms with Gasteiger partial charge in [0.15, 0.2) is 0 Å². The van der Waals surface area contributed by atoms with Gasteiger partial charge >= 0.3 is 88.7 Å². The van der Waals surface area contributed by atoms with Gasteiger partial charge in [0.25, 0.3) is 20.2 Å². The third-order valence-corrected chi connectivity index (χ3v) is 3.58. The Bertz CT molecular complexity index is 362. The first-order valence-electron chi connectivity index (χ1n) is 3.54. The normalized spacial score (nSPS) is 12.7. The standard InChI is InChI=1S/C5H12O6S2.3Na.3H/c1-5(13(9,10)11)3-2-4-12(6,7)8;;;;;;/h5H,2-4H2,1H3,(H,6,7,8)(H,9,10,11);;;;;;/q;3*+1;3*-1. The third-order valence-electron chi connectivity index (χ3n) is 1.52. The molecule has 0 saturated carbocycles. The number of hydrogen-bond acceptors (Lipinski definition) is 4. The van der Waals surface area contributed by atoms with E-state index in [1.54, 1.807) is 0 Å². The van der Waals surface area contributed by atoms with Crippen molar-refractivity contribution in [3.05, 3.63) is 0 Å². The maximum atomic E-state index is 10.4. The van der Waals surface area contributed by atoms with E-state index in [-0.39, 0.29) is 106 Å². The molecule has 86 valence electrons. The maximum absolute atomic E-state index is 10.4. The molecule has 1 atom stereocenters. The van der Waals surface area contributed by atoms with Crippen LogP contribution in [0.15, 0.2) is 0 Å². The molecule has 16 heavy (non-hydrogen) atoms. The molecule has 0 aromatic rings. The minimum absolute atomic E-state index is 0. The van der Waals surface area contributed by atoms with E-state index >= 15 is 0 Å². The van der Waals surface area contributed by atoms with Gasteiger partial charge in [0.05, 0.1) is 11.0 Å². The second-order valence-electron chi connectivity index (χ2n) is 2.75. The molecule has 0 rings (SSSR count). The Morgan fingerprint density at radius 2 is 1.44 bits per heavy atom. The second-order valence-corrected chi connectivity index (χ2v) is 6.16. The van der Waals surface area contributed by atoms with Gasteiger partial charge < -0.3 is 4.28 Å². The molecule has 0 fully saturated rings. The van der Waals surface area contributed by atoms with Crippen molar-refractivity contribution in [2.75, 3.05) is 5.75 Å². The molecule has 1 unspecified atom stereocenters. The van der Waals surface area contributed by atoms with Crippen molar-refractivity contribution < 1.29 is 119 Å². The van der Waals surface area contributed by atoms with Gasteiger partial charge in [0.2, 0.25) is 0 Å². The molecule has 0 heterocycles. The third kappa shape index (κ3) is 16.8. The fraction of sp³-hybridized carbons (Fsp3) is 1.00. The summed E-state index contributed by atoms with van der Waals surface area (Å²) in [7, 11) is -8.14. The van der Waals surface area contributed by atoms with E-state index < -0.39 is 31.2 Å². The molecular weight excluding hydrogens is 289 g/mol. The molecule has 0 aromatic carbocycles. The molecule has 0 radical (unpaired) electrons. The van der Waals surface area contributed by atoms with Crippen LogP contribution >= 0.6 is 0 Å². The van der Waals surface area contributed by atoms with Crippen molar-refractivity contribution in [2.24, 2.45) is 0 Å². The van der Waals surface area contributed by atoms with Crippen LogP contribution < -0.4 is 88.7 Å². The summed E-state index contributed by atoms with van der Waals surface area (Å²) in [6.07, 6.45) is -0.00157. The van der Waals surface area contributed by atoms with Gasteiger partial charge in [-0.05, 0) is 19.8 Å². The molecule has 0 spiro atoms. The quantitative estimate of drug-likeness (QED) is 0.386. The first-order valence-corrected chi connectivity index (χ1v) is 6.65. The summed E-state index contributed by atoms with van der Waals surface area (Å²) in [6.45, 7) is 1.26. The first-order chi connectivity index (χ1) is 5.63. The zero-order valence-electron chi connectivity index (χ0n) is 13.0. The number of hydrogen-bond donors (Lipinski definition) is 2. The van der Waals surface area contributed by atoms with Crippen LogP contribution in [0.25, 0.3) is 0 Å². The Morgan fingerprint density at radius 1 is 1.06 bits per heavy atom. The van der Waals surface area contributed by atoms with Crippen molar-refractivity contribution >= 4 is 20.2 Å². The predicted molar refractivity (Wildman–Crippen MR) is 50.0 cm³/mol. The molecule has 11 heteroatoms. The van der Waals surface area contributed by atoms with Gasteiger partial charge in [-0.15, -0.1) is 0 Å². The molecule has 0 aliphatic rings. The van der Waals surface area contributed by atoms with Crippen LogP contribution in [-0.2, 0) is 20.2 Å². The molecule has 0 amide bonds. The van der Waals surface area contributed by atoms with E-state index in [2.05, 4.69) is 0 Å². The van der Waals surface area contributed by atoms with Crippen molar-refractivity contribution in [3.8, 4) is 0 Å². The molecule has 0 saturated heterocycles. The predicted octanol–water partition coefficient (Wildman–Crippen LogP) is -8.72. The molecule has 0 aromatic heterocycles. The van der Waals surface area contributed by atoms with Crippen molar-refractivity contribution in [1.29, 1.82) is 0 Å². The van der Waals surface area contributed by atoms with Gasteiger partial charge in [-0.1, -0.05) is 0 Å². The monoisotopic (exact) mass is 304 g/mol. The fourth-order valence-corrected chi connectivity index (χ4v) is 1.70. The van der Waals surface area contributed by atoms with Crippen LogP contribution in [0, 0.1) is 0 Å². The Morgan fingerprint density at radius 3 is 1.69 bits per heavy atom. The van der Waals surface area contributed by atoms with Crippen LogP contribution in [0.4, 0.5) is 0 Å². The van der Waals surface area contributed by atoms with Gasteiger partial charge in [0, 0.05) is 0 Å². The Balaban J connectivity index is -0.0000000480. The van der Waals surface area contributed by atoms with Crippen LogP contribution in [-0.4, -0.2) is 36.9 Å².